The van der Waals surface area contributed by atoms with Crippen molar-refractivity contribution in [2.24, 2.45) is 0 Å². The SMILES string of the molecule is O=C(NC1CCCCC1)N1CCN(c2cnn(-c3cccc(F)c3)c(=O)c2OC2Cc3ccccc3C2)CC1. The number of carbonyl (C=O) groups excluding carboxylic acids is 1. The van der Waals surface area contributed by atoms with Crippen LogP contribution in [0.25, 0.3) is 5.69 Å². The minimum absolute atomic E-state index is 0.0126. The van der Waals surface area contributed by atoms with Crippen molar-refractivity contribution in [1.82, 2.24) is 20.0 Å². The van der Waals surface area contributed by atoms with Gasteiger partial charge in [0, 0.05) is 45.1 Å². The Morgan fingerprint density at radius 1 is 0.949 bits per heavy atom. The average Bonchev–Trinajstić information content (AvgIpc) is 3.37. The maximum atomic E-state index is 14.0. The quantitative estimate of drug-likeness (QED) is 0.537. The molecule has 3 aromatic rings. The van der Waals surface area contributed by atoms with E-state index in [-0.39, 0.29) is 23.9 Å². The summed E-state index contributed by atoms with van der Waals surface area (Å²) in [4.78, 5) is 30.5. The summed E-state index contributed by atoms with van der Waals surface area (Å²) < 4.78 is 21.6. The predicted octanol–water partition coefficient (Wildman–Crippen LogP) is 4.08. The summed E-state index contributed by atoms with van der Waals surface area (Å²) in [6.07, 6.45) is 8.55. The third-order valence-electron chi connectivity index (χ3n) is 8.11. The van der Waals surface area contributed by atoms with Crippen molar-refractivity contribution >= 4 is 11.7 Å². The van der Waals surface area contributed by atoms with Crippen LogP contribution in [0.2, 0.25) is 0 Å². The van der Waals surface area contributed by atoms with E-state index in [1.165, 1.54) is 47.2 Å². The Hall–Kier alpha value is -3.88. The van der Waals surface area contributed by atoms with E-state index in [1.54, 1.807) is 18.3 Å². The molecule has 0 spiro atoms. The van der Waals surface area contributed by atoms with Crippen molar-refractivity contribution in [2.45, 2.75) is 57.1 Å². The molecular weight excluding hydrogens is 497 g/mol. The predicted molar refractivity (Wildman–Crippen MR) is 147 cm³/mol. The number of urea groups is 1. The van der Waals surface area contributed by atoms with Crippen LogP contribution in [-0.2, 0) is 12.8 Å². The van der Waals surface area contributed by atoms with E-state index in [2.05, 4.69) is 27.4 Å². The van der Waals surface area contributed by atoms with Gasteiger partial charge in [-0.25, -0.2) is 9.18 Å². The van der Waals surface area contributed by atoms with Gasteiger partial charge in [0.1, 0.15) is 17.6 Å². The average molecular weight is 532 g/mol. The molecule has 8 nitrogen and oxygen atoms in total. The van der Waals surface area contributed by atoms with Crippen molar-refractivity contribution in [2.75, 3.05) is 31.1 Å². The second-order valence-electron chi connectivity index (χ2n) is 10.7. The molecule has 2 fully saturated rings. The summed E-state index contributed by atoms with van der Waals surface area (Å²) >= 11 is 0. The minimum Gasteiger partial charge on any atom is -0.482 e. The van der Waals surface area contributed by atoms with Gasteiger partial charge in [0.05, 0.1) is 11.9 Å². The number of hydrogen-bond donors (Lipinski definition) is 1. The zero-order valence-electron chi connectivity index (χ0n) is 22.0. The van der Waals surface area contributed by atoms with E-state index in [9.17, 15) is 14.0 Å². The third-order valence-corrected chi connectivity index (χ3v) is 8.11. The topological polar surface area (TPSA) is 79.7 Å². The molecule has 9 heteroatoms. The van der Waals surface area contributed by atoms with Gasteiger partial charge in [-0.1, -0.05) is 49.6 Å². The highest BCUT2D eigenvalue weighted by Gasteiger charge is 2.30. The number of carbonyl (C=O) groups is 1. The maximum absolute atomic E-state index is 14.0. The van der Waals surface area contributed by atoms with E-state index < -0.39 is 11.4 Å². The number of hydrogen-bond acceptors (Lipinski definition) is 5. The Morgan fingerprint density at radius 3 is 2.36 bits per heavy atom. The van der Waals surface area contributed by atoms with E-state index in [1.807, 2.05) is 17.0 Å². The number of nitrogens with zero attached hydrogens (tertiary/aromatic N) is 4. The lowest BCUT2D eigenvalue weighted by molar-refractivity contribution is 0.186. The number of anilines is 1. The first-order valence-electron chi connectivity index (χ1n) is 14.0. The smallest absolute Gasteiger partial charge is 0.317 e. The molecule has 2 amide bonds. The molecule has 1 aliphatic heterocycles. The van der Waals surface area contributed by atoms with E-state index in [4.69, 9.17) is 4.74 Å². The fraction of sp³-hybridized carbons (Fsp3) is 0.433. The highest BCUT2D eigenvalue weighted by molar-refractivity contribution is 5.75. The van der Waals surface area contributed by atoms with Crippen molar-refractivity contribution in [3.05, 3.63) is 82.0 Å². The van der Waals surface area contributed by atoms with E-state index >= 15 is 0 Å². The van der Waals surface area contributed by atoms with Crippen LogP contribution >= 0.6 is 0 Å². The van der Waals surface area contributed by atoms with Gasteiger partial charge in [0.2, 0.25) is 5.75 Å². The van der Waals surface area contributed by atoms with Crippen LogP contribution in [0.4, 0.5) is 14.9 Å². The van der Waals surface area contributed by atoms with Crippen LogP contribution in [0, 0.1) is 5.82 Å². The molecule has 2 heterocycles. The number of nitrogens with one attached hydrogen (secondary N) is 1. The minimum atomic E-state index is -0.443. The molecule has 0 radical (unpaired) electrons. The van der Waals surface area contributed by atoms with Crippen molar-refractivity contribution < 1.29 is 13.9 Å². The van der Waals surface area contributed by atoms with E-state index in [0.717, 1.165) is 12.8 Å². The highest BCUT2D eigenvalue weighted by atomic mass is 19.1. The number of amides is 2. The number of halogens is 1. The number of aromatic nitrogens is 2. The normalized spacial score (nSPS) is 18.2. The lowest BCUT2D eigenvalue weighted by Gasteiger charge is -2.37. The molecule has 2 aromatic carbocycles. The summed E-state index contributed by atoms with van der Waals surface area (Å²) in [7, 11) is 0. The molecule has 6 rings (SSSR count). The third kappa shape index (κ3) is 5.48. The van der Waals surface area contributed by atoms with Crippen LogP contribution in [0.1, 0.15) is 43.2 Å². The summed E-state index contributed by atoms with van der Waals surface area (Å²) in [5.74, 6) is -0.228. The summed E-state index contributed by atoms with van der Waals surface area (Å²) in [5.41, 5.74) is 2.97. The van der Waals surface area contributed by atoms with Crippen LogP contribution in [0.3, 0.4) is 0 Å². The van der Waals surface area contributed by atoms with Gasteiger partial charge in [0.25, 0.3) is 0 Å². The largest absolute Gasteiger partial charge is 0.482 e. The van der Waals surface area contributed by atoms with Crippen LogP contribution < -0.4 is 20.5 Å². The van der Waals surface area contributed by atoms with E-state index in [0.29, 0.717) is 50.4 Å². The molecule has 204 valence electrons. The zero-order chi connectivity index (χ0) is 26.8. The first-order valence-corrected chi connectivity index (χ1v) is 14.0. The Kier molecular flexibility index (Phi) is 7.22. The molecule has 3 aliphatic rings. The molecule has 0 bridgehead atoms. The Bertz CT molecular complexity index is 1370. The summed E-state index contributed by atoms with van der Waals surface area (Å²) in [6.45, 7) is 2.20. The maximum Gasteiger partial charge on any atom is 0.317 e. The van der Waals surface area contributed by atoms with Crippen molar-refractivity contribution in [1.29, 1.82) is 0 Å². The number of ether oxygens (including phenoxy) is 1. The number of piperazine rings is 1. The summed E-state index contributed by atoms with van der Waals surface area (Å²) in [6, 6.07) is 14.3. The molecule has 39 heavy (non-hydrogen) atoms. The van der Waals surface area contributed by atoms with Crippen molar-refractivity contribution in [3.63, 3.8) is 0 Å². The van der Waals surface area contributed by atoms with Gasteiger partial charge in [-0.3, -0.25) is 4.79 Å². The standard InChI is InChI=1S/C30H34FN5O3/c31-23-9-6-12-25(19-23)36-29(37)28(39-26-17-21-7-4-5-8-22(21)18-26)27(20-32-36)34-13-15-35(16-14-34)30(38)33-24-10-2-1-3-11-24/h4-9,12,19-20,24,26H,1-3,10-11,13-18H2,(H,33,38). The second kappa shape index (κ2) is 11.1. The molecule has 0 atom stereocenters. The molecular formula is C30H34FN5O3. The first-order chi connectivity index (χ1) is 19.0. The molecule has 1 saturated carbocycles. The molecule has 2 aliphatic carbocycles. The first kappa shape index (κ1) is 25.4. The second-order valence-corrected chi connectivity index (χ2v) is 10.7. The lowest BCUT2D eigenvalue weighted by atomic mass is 9.96. The van der Waals surface area contributed by atoms with Gasteiger partial charge in [-0.2, -0.15) is 9.78 Å². The van der Waals surface area contributed by atoms with Gasteiger partial charge in [-0.15, -0.1) is 0 Å². The molecule has 1 N–H and O–H groups in total. The fourth-order valence-electron chi connectivity index (χ4n) is 5.99. The van der Waals surface area contributed by atoms with Crippen LogP contribution in [0.5, 0.6) is 5.75 Å². The van der Waals surface area contributed by atoms with Gasteiger partial charge in [0.15, 0.2) is 0 Å². The molecule has 0 unspecified atom stereocenters. The van der Waals surface area contributed by atoms with Crippen LogP contribution in [-0.4, -0.2) is 59.0 Å². The number of benzene rings is 2. The number of rotatable bonds is 5. The van der Waals surface area contributed by atoms with Gasteiger partial charge >= 0.3 is 11.6 Å². The van der Waals surface area contributed by atoms with Gasteiger partial charge in [-0.05, 0) is 42.2 Å². The van der Waals surface area contributed by atoms with Crippen LogP contribution in [0.15, 0.2) is 59.5 Å². The zero-order valence-corrected chi connectivity index (χ0v) is 22.0. The lowest BCUT2D eigenvalue weighted by Crippen LogP contribution is -2.54. The Labute approximate surface area is 227 Å². The monoisotopic (exact) mass is 531 g/mol. The Morgan fingerprint density at radius 2 is 1.67 bits per heavy atom. The fourth-order valence-corrected chi connectivity index (χ4v) is 5.99. The molecule has 1 aromatic heterocycles. The highest BCUT2D eigenvalue weighted by Crippen LogP contribution is 2.30. The molecule has 1 saturated heterocycles. The van der Waals surface area contributed by atoms with Crippen molar-refractivity contribution in [3.8, 4) is 11.4 Å². The number of fused-ring (bicyclic) bond motifs is 1. The Balaban J connectivity index is 1.23. The van der Waals surface area contributed by atoms with Gasteiger partial charge < -0.3 is 19.9 Å². The summed E-state index contributed by atoms with van der Waals surface area (Å²) in [5, 5.41) is 7.59.